The molecule has 4 rings (SSSR count). The molecule has 2 fully saturated rings. The average molecular weight is 419 g/mol. The normalized spacial score (nSPS) is 20.3. The van der Waals surface area contributed by atoms with E-state index in [0.29, 0.717) is 43.9 Å². The van der Waals surface area contributed by atoms with Crippen LogP contribution in [0.15, 0.2) is 12.3 Å². The summed E-state index contributed by atoms with van der Waals surface area (Å²) in [5, 5.41) is 6.89. The van der Waals surface area contributed by atoms with Gasteiger partial charge < -0.3 is 19.5 Å². The molecule has 4 heterocycles. The van der Waals surface area contributed by atoms with Crippen LogP contribution in [0.5, 0.6) is 0 Å². The number of methoxy groups -OCH3 is 1. The number of aryl methyl sites for hydroxylation is 1. The summed E-state index contributed by atoms with van der Waals surface area (Å²) in [6.45, 7) is 6.88. The molecule has 2 aromatic rings. The first kappa shape index (κ1) is 21.3. The summed E-state index contributed by atoms with van der Waals surface area (Å²) >= 11 is 0. The Bertz CT molecular complexity index is 960. The fourth-order valence-corrected chi connectivity index (χ4v) is 4.00. The van der Waals surface area contributed by atoms with Gasteiger partial charge in [-0.15, -0.1) is 0 Å². The van der Waals surface area contributed by atoms with E-state index >= 15 is 0 Å². The number of amides is 1. The zero-order valence-electron chi connectivity index (χ0n) is 17.2. The highest BCUT2D eigenvalue weighted by molar-refractivity contribution is 5.92. The van der Waals surface area contributed by atoms with Crippen LogP contribution in [-0.2, 0) is 20.8 Å². The van der Waals surface area contributed by atoms with Crippen LogP contribution in [0, 0.1) is 0 Å². The van der Waals surface area contributed by atoms with Crippen molar-refractivity contribution in [1.82, 2.24) is 19.4 Å². The first-order valence-electron chi connectivity index (χ1n) is 9.66. The van der Waals surface area contributed by atoms with Crippen LogP contribution in [0.3, 0.4) is 0 Å². The van der Waals surface area contributed by atoms with Gasteiger partial charge in [0.25, 0.3) is 6.47 Å². The molecule has 0 spiro atoms. The van der Waals surface area contributed by atoms with Crippen LogP contribution < -0.4 is 4.90 Å². The van der Waals surface area contributed by atoms with E-state index in [1.165, 1.54) is 13.3 Å². The standard InChI is InChI=1S/C18H23N5O4.CH2O2/c1-4-18-10-21(6-7-23(18)17(25)27-11-18)16-20-13-8-12(15(24)26-3)9-19-14(13)22(16)5-2;2-1-3/h8-9H,4-7,10-11H2,1-3H3;1H,(H,2,3). The Morgan fingerprint density at radius 1 is 1.40 bits per heavy atom. The van der Waals surface area contributed by atoms with Crippen LogP contribution in [0.25, 0.3) is 11.2 Å². The topological polar surface area (TPSA) is 127 Å². The summed E-state index contributed by atoms with van der Waals surface area (Å²) in [4.78, 5) is 45.4. The third-order valence-electron chi connectivity index (χ3n) is 5.58. The first-order chi connectivity index (χ1) is 14.4. The van der Waals surface area contributed by atoms with Crippen LogP contribution in [0.2, 0.25) is 0 Å². The number of aromatic nitrogens is 3. The van der Waals surface area contributed by atoms with Gasteiger partial charge in [-0.25, -0.2) is 19.6 Å². The number of ether oxygens (including phenoxy) is 2. The summed E-state index contributed by atoms with van der Waals surface area (Å²) < 4.78 is 12.1. The van der Waals surface area contributed by atoms with Crippen LogP contribution in [0.1, 0.15) is 30.6 Å². The van der Waals surface area contributed by atoms with Crippen molar-refractivity contribution in [2.24, 2.45) is 0 Å². The first-order valence-corrected chi connectivity index (χ1v) is 9.66. The molecule has 11 nitrogen and oxygen atoms in total. The molecule has 0 bridgehead atoms. The number of esters is 1. The highest BCUT2D eigenvalue weighted by atomic mass is 16.6. The molecule has 1 atom stereocenters. The lowest BCUT2D eigenvalue weighted by atomic mass is 9.93. The third kappa shape index (κ3) is 3.51. The molecule has 1 N–H and O–H groups in total. The number of rotatable bonds is 4. The quantitative estimate of drug-likeness (QED) is 0.577. The number of piperazine rings is 1. The number of anilines is 1. The van der Waals surface area contributed by atoms with Crippen molar-refractivity contribution in [3.63, 3.8) is 0 Å². The maximum Gasteiger partial charge on any atom is 0.410 e. The molecular formula is C19H25N5O6. The molecule has 30 heavy (non-hydrogen) atoms. The van der Waals surface area contributed by atoms with Crippen molar-refractivity contribution in [2.45, 2.75) is 32.4 Å². The van der Waals surface area contributed by atoms with E-state index in [1.807, 2.05) is 16.4 Å². The molecule has 2 aromatic heterocycles. The van der Waals surface area contributed by atoms with E-state index in [9.17, 15) is 9.59 Å². The van der Waals surface area contributed by atoms with Crippen molar-refractivity contribution in [3.05, 3.63) is 17.8 Å². The molecule has 162 valence electrons. The largest absolute Gasteiger partial charge is 0.483 e. The molecule has 0 aromatic carbocycles. The molecule has 0 aliphatic carbocycles. The number of carbonyl (C=O) groups excluding carboxylic acids is 2. The van der Waals surface area contributed by atoms with E-state index in [0.717, 1.165) is 18.0 Å². The monoisotopic (exact) mass is 419 g/mol. The lowest BCUT2D eigenvalue weighted by molar-refractivity contribution is -0.122. The summed E-state index contributed by atoms with van der Waals surface area (Å²) in [6.07, 6.45) is 2.09. The SMILES string of the molecule is CCn1c(N2CCN3C(=O)OCC3(CC)C2)nc2cc(C(=O)OC)cnc21.O=CO. The minimum atomic E-state index is -0.433. The Morgan fingerprint density at radius 2 is 2.13 bits per heavy atom. The number of pyridine rings is 1. The highest BCUT2D eigenvalue weighted by Crippen LogP contribution is 2.34. The van der Waals surface area contributed by atoms with Crippen molar-refractivity contribution in [1.29, 1.82) is 0 Å². The van der Waals surface area contributed by atoms with Gasteiger partial charge in [0.15, 0.2) is 5.65 Å². The zero-order chi connectivity index (χ0) is 21.9. The maximum atomic E-state index is 12.0. The molecule has 1 amide bonds. The molecule has 11 heteroatoms. The third-order valence-corrected chi connectivity index (χ3v) is 5.58. The van der Waals surface area contributed by atoms with Gasteiger partial charge in [0.05, 0.1) is 18.2 Å². The molecular weight excluding hydrogens is 394 g/mol. The zero-order valence-corrected chi connectivity index (χ0v) is 17.2. The lowest BCUT2D eigenvalue weighted by Crippen LogP contribution is -2.61. The second-order valence-electron chi connectivity index (χ2n) is 7.03. The Balaban J connectivity index is 0.000000806. The molecule has 2 aliphatic heterocycles. The number of carbonyl (C=O) groups is 3. The van der Waals surface area contributed by atoms with Crippen LogP contribution >= 0.6 is 0 Å². The van der Waals surface area contributed by atoms with E-state index in [4.69, 9.17) is 24.4 Å². The van der Waals surface area contributed by atoms with Crippen molar-refractivity contribution in [2.75, 3.05) is 38.3 Å². The summed E-state index contributed by atoms with van der Waals surface area (Å²) in [5.74, 6) is 0.367. The number of cyclic esters (lactones) is 1. The molecule has 1 unspecified atom stereocenters. The van der Waals surface area contributed by atoms with E-state index < -0.39 is 5.97 Å². The van der Waals surface area contributed by atoms with E-state index in [1.54, 1.807) is 6.07 Å². The molecule has 2 saturated heterocycles. The fraction of sp³-hybridized carbons (Fsp3) is 0.526. The Morgan fingerprint density at radius 3 is 2.77 bits per heavy atom. The minimum absolute atomic E-state index is 0.232. The average Bonchev–Trinajstić information content (AvgIpc) is 3.30. The Labute approximate surface area is 173 Å². The highest BCUT2D eigenvalue weighted by Gasteiger charge is 2.50. The lowest BCUT2D eigenvalue weighted by Gasteiger charge is -2.44. The summed E-state index contributed by atoms with van der Waals surface area (Å²) in [7, 11) is 1.34. The summed E-state index contributed by atoms with van der Waals surface area (Å²) in [5.41, 5.74) is 1.44. The van der Waals surface area contributed by atoms with E-state index in [-0.39, 0.29) is 18.1 Å². The van der Waals surface area contributed by atoms with Gasteiger partial charge in [-0.3, -0.25) is 14.3 Å². The predicted molar refractivity (Wildman–Crippen MR) is 107 cm³/mol. The number of carboxylic acid groups (broad SMARTS) is 1. The Hall–Kier alpha value is -3.37. The second-order valence-corrected chi connectivity index (χ2v) is 7.03. The minimum Gasteiger partial charge on any atom is -0.483 e. The smallest absolute Gasteiger partial charge is 0.410 e. The number of imidazole rings is 1. The van der Waals surface area contributed by atoms with Crippen molar-refractivity contribution < 1.29 is 29.0 Å². The Kier molecular flexibility index (Phi) is 6.09. The second kappa shape index (κ2) is 8.56. The molecule has 0 saturated carbocycles. The molecule has 0 radical (unpaired) electrons. The van der Waals surface area contributed by atoms with Gasteiger partial charge in [-0.2, -0.15) is 0 Å². The van der Waals surface area contributed by atoms with Gasteiger partial charge in [0.2, 0.25) is 5.95 Å². The van der Waals surface area contributed by atoms with Gasteiger partial charge >= 0.3 is 12.1 Å². The van der Waals surface area contributed by atoms with Gasteiger partial charge in [0, 0.05) is 32.4 Å². The van der Waals surface area contributed by atoms with Gasteiger partial charge in [0.1, 0.15) is 12.1 Å². The number of fused-ring (bicyclic) bond motifs is 2. The predicted octanol–water partition coefficient (Wildman–Crippen LogP) is 1.36. The van der Waals surface area contributed by atoms with Crippen LogP contribution in [-0.4, -0.2) is 82.0 Å². The molecule has 2 aliphatic rings. The van der Waals surface area contributed by atoms with Gasteiger partial charge in [-0.1, -0.05) is 6.92 Å². The number of hydrogen-bond donors (Lipinski definition) is 1. The fourth-order valence-electron chi connectivity index (χ4n) is 4.00. The summed E-state index contributed by atoms with van der Waals surface area (Å²) in [6, 6.07) is 1.71. The maximum absolute atomic E-state index is 12.0. The van der Waals surface area contributed by atoms with Gasteiger partial charge in [-0.05, 0) is 19.4 Å². The van der Waals surface area contributed by atoms with E-state index in [2.05, 4.69) is 16.8 Å². The van der Waals surface area contributed by atoms with Crippen molar-refractivity contribution >= 4 is 35.6 Å². The number of hydrogen-bond acceptors (Lipinski definition) is 8. The van der Waals surface area contributed by atoms with Crippen molar-refractivity contribution in [3.8, 4) is 0 Å². The van der Waals surface area contributed by atoms with Crippen LogP contribution in [0.4, 0.5) is 10.7 Å². The number of nitrogens with zero attached hydrogens (tertiary/aromatic N) is 5.